The van der Waals surface area contributed by atoms with E-state index in [-0.39, 0.29) is 41.9 Å². The summed E-state index contributed by atoms with van der Waals surface area (Å²) < 4.78 is 59.1. The second-order valence-electron chi connectivity index (χ2n) is 10.6. The van der Waals surface area contributed by atoms with Gasteiger partial charge in [-0.3, -0.25) is 0 Å². The van der Waals surface area contributed by atoms with E-state index in [4.69, 9.17) is 16.3 Å². The molecule has 5 aliphatic rings. The fourth-order valence-electron chi connectivity index (χ4n) is 6.27. The van der Waals surface area contributed by atoms with Gasteiger partial charge in [0.1, 0.15) is 0 Å². The first-order valence-corrected chi connectivity index (χ1v) is 15.4. The summed E-state index contributed by atoms with van der Waals surface area (Å²) in [5.41, 5.74) is -0.692. The molecule has 3 saturated heterocycles. The molecule has 3 atom stereocenters. The Morgan fingerprint density at radius 2 is 2.08 bits per heavy atom. The van der Waals surface area contributed by atoms with Crippen molar-refractivity contribution in [3.8, 4) is 5.75 Å². The summed E-state index contributed by atoms with van der Waals surface area (Å²) in [7, 11) is -2.75. The van der Waals surface area contributed by atoms with E-state index in [0.29, 0.717) is 43.6 Å². The van der Waals surface area contributed by atoms with Crippen molar-refractivity contribution >= 4 is 30.8 Å². The van der Waals surface area contributed by atoms with Crippen LogP contribution in [-0.2, 0) is 9.59 Å². The molecule has 3 fully saturated rings. The molecule has 0 spiro atoms. The second kappa shape index (κ2) is 9.99. The van der Waals surface area contributed by atoms with Crippen molar-refractivity contribution in [2.75, 3.05) is 25.5 Å². The molecule has 4 heterocycles. The van der Waals surface area contributed by atoms with Crippen LogP contribution in [-0.4, -0.2) is 60.5 Å². The fraction of sp³-hybridized carbons (Fsp3) is 0.520. The van der Waals surface area contributed by atoms with Gasteiger partial charge in [-0.2, -0.15) is 0 Å². The first kappa shape index (κ1) is 27.2. The molecule has 4 bridgehead atoms. The predicted octanol–water partition coefficient (Wildman–Crippen LogP) is 3.77. The number of benzene rings is 1. The van der Waals surface area contributed by atoms with Crippen LogP contribution >= 0.6 is 19.0 Å². The first-order chi connectivity index (χ1) is 17.9. The van der Waals surface area contributed by atoms with E-state index >= 15 is 0 Å². The van der Waals surface area contributed by atoms with Crippen LogP contribution in [0, 0.1) is 11.2 Å². The van der Waals surface area contributed by atoms with Crippen LogP contribution in [0.1, 0.15) is 32.1 Å². The van der Waals surface area contributed by atoms with Gasteiger partial charge in [0, 0.05) is 0 Å². The molecule has 208 valence electrons. The zero-order valence-electron chi connectivity index (χ0n) is 20.4. The SMILES string of the molecule is O=C(COc1ccc(Cl)c(F)c1)N[PH]12CCC(C(=O)NCC3NC4=C(C(F)(F)F)C=C3CCC4)(CC1O)C2. The Labute approximate surface area is 222 Å². The summed E-state index contributed by atoms with van der Waals surface area (Å²) in [6.45, 7) is -0.233. The number of allylic oxidation sites excluding steroid dienone is 3. The zero-order chi connectivity index (χ0) is 27.3. The number of aliphatic hydroxyl groups excluding tert-OH is 1. The van der Waals surface area contributed by atoms with Crippen molar-refractivity contribution in [2.45, 2.75) is 50.2 Å². The van der Waals surface area contributed by atoms with Crippen molar-refractivity contribution in [3.63, 3.8) is 0 Å². The van der Waals surface area contributed by atoms with Crippen molar-refractivity contribution in [1.82, 2.24) is 15.7 Å². The Balaban J connectivity index is 1.17. The number of dihydropyridines is 1. The Bertz CT molecular complexity index is 1230. The molecule has 1 aliphatic carbocycles. The van der Waals surface area contributed by atoms with Crippen molar-refractivity contribution in [3.05, 3.63) is 52.0 Å². The van der Waals surface area contributed by atoms with E-state index < -0.39 is 48.2 Å². The van der Waals surface area contributed by atoms with Crippen LogP contribution in [0.5, 0.6) is 5.75 Å². The number of hydrogen-bond acceptors (Lipinski definition) is 5. The molecule has 7 nitrogen and oxygen atoms in total. The molecular formula is C25H29ClF4N3O4P. The summed E-state index contributed by atoms with van der Waals surface area (Å²) in [6, 6.07) is 3.42. The van der Waals surface area contributed by atoms with Crippen molar-refractivity contribution < 1.29 is 37.0 Å². The molecule has 0 radical (unpaired) electrons. The minimum atomic E-state index is -4.43. The predicted molar refractivity (Wildman–Crippen MR) is 136 cm³/mol. The molecule has 4 aliphatic heterocycles. The number of fused-ring (bicyclic) bond motifs is 6. The second-order valence-corrected chi connectivity index (χ2v) is 15.1. The molecule has 38 heavy (non-hydrogen) atoms. The van der Waals surface area contributed by atoms with Crippen molar-refractivity contribution in [1.29, 1.82) is 0 Å². The summed E-state index contributed by atoms with van der Waals surface area (Å²) in [5.74, 6) is -2.05. The third-order valence-electron chi connectivity index (χ3n) is 8.17. The van der Waals surface area contributed by atoms with Crippen LogP contribution in [0.15, 0.2) is 41.1 Å². The van der Waals surface area contributed by atoms with E-state index in [2.05, 4.69) is 15.7 Å². The van der Waals surface area contributed by atoms with Gasteiger partial charge in [0.25, 0.3) is 0 Å². The fourth-order valence-corrected chi connectivity index (χ4v) is 11.5. The van der Waals surface area contributed by atoms with Crippen molar-refractivity contribution in [2.24, 2.45) is 5.41 Å². The molecule has 2 amide bonds. The quantitative estimate of drug-likeness (QED) is 0.292. The number of hydrogen-bond donors (Lipinski definition) is 4. The number of aliphatic hydroxyl groups is 1. The van der Waals surface area contributed by atoms with Gasteiger partial charge >= 0.3 is 222 Å². The monoisotopic (exact) mass is 577 g/mol. The number of carbonyl (C=O) groups is 2. The van der Waals surface area contributed by atoms with Gasteiger partial charge in [0.15, 0.2) is 0 Å². The normalized spacial score (nSPS) is 28.3. The van der Waals surface area contributed by atoms with Crippen LogP contribution in [0.3, 0.4) is 0 Å². The maximum absolute atomic E-state index is 13.6. The summed E-state index contributed by atoms with van der Waals surface area (Å²) in [4.78, 5) is 25.9. The summed E-state index contributed by atoms with van der Waals surface area (Å²) >= 11 is 5.65. The Morgan fingerprint density at radius 3 is 2.79 bits per heavy atom. The average Bonchev–Trinajstić information content (AvgIpc) is 3.16. The maximum atomic E-state index is 13.6. The topological polar surface area (TPSA) is 99.7 Å². The third kappa shape index (κ3) is 5.12. The van der Waals surface area contributed by atoms with E-state index in [1.54, 1.807) is 0 Å². The van der Waals surface area contributed by atoms with Gasteiger partial charge in [-0.25, -0.2) is 0 Å². The van der Waals surface area contributed by atoms with Gasteiger partial charge in [0.05, 0.1) is 0 Å². The number of ether oxygens (including phenoxy) is 1. The van der Waals surface area contributed by atoms with Gasteiger partial charge < -0.3 is 0 Å². The van der Waals surface area contributed by atoms with E-state index in [0.717, 1.165) is 6.07 Å². The zero-order valence-corrected chi connectivity index (χ0v) is 22.1. The summed E-state index contributed by atoms with van der Waals surface area (Å²) in [6.07, 6.45) is -0.156. The number of rotatable bonds is 7. The molecule has 1 aromatic carbocycles. The Kier molecular flexibility index (Phi) is 7.16. The molecule has 0 saturated carbocycles. The van der Waals surface area contributed by atoms with Crippen LogP contribution in [0.25, 0.3) is 0 Å². The minimum absolute atomic E-state index is 0.0649. The average molecular weight is 578 g/mol. The Hall–Kier alpha value is -2.36. The Morgan fingerprint density at radius 1 is 1.29 bits per heavy atom. The van der Waals surface area contributed by atoms with Gasteiger partial charge in [-0.05, 0) is 0 Å². The number of amides is 2. The van der Waals surface area contributed by atoms with E-state index in [1.165, 1.54) is 18.2 Å². The number of carbonyl (C=O) groups excluding carboxylic acids is 2. The molecule has 13 heteroatoms. The standard InChI is InChI=1S/C25H29ClF4N3O4P/c26-17-5-4-15(9-18(17)27)37-12-21(34)33-38-7-6-24(13-38,10-22(38)35)23(36)31-11-20-14-2-1-3-19(32-20)16(8-14)25(28,29)30/h4-5,8-9,20,22,32,35,38H,1-3,6-7,10-13H2,(H,31,36)(H,33,34). The third-order valence-corrected chi connectivity index (χ3v) is 13.2. The molecule has 3 unspecified atom stereocenters. The van der Waals surface area contributed by atoms with E-state index in [1.807, 2.05) is 0 Å². The van der Waals surface area contributed by atoms with E-state index in [9.17, 15) is 32.3 Å². The van der Waals surface area contributed by atoms with Gasteiger partial charge in [-0.15, -0.1) is 0 Å². The van der Waals surface area contributed by atoms with Crippen LogP contribution < -0.4 is 20.5 Å². The molecular weight excluding hydrogens is 549 g/mol. The first-order valence-electron chi connectivity index (χ1n) is 12.5. The number of alkyl halides is 3. The van der Waals surface area contributed by atoms with Gasteiger partial charge in [-0.1, -0.05) is 0 Å². The molecule has 4 N–H and O–H groups in total. The molecule has 0 aromatic heterocycles. The number of nitrogens with one attached hydrogen (secondary N) is 3. The molecule has 6 rings (SSSR count). The van der Waals surface area contributed by atoms with Crippen LogP contribution in [0.4, 0.5) is 17.6 Å². The number of halogens is 5. The van der Waals surface area contributed by atoms with Crippen LogP contribution in [0.2, 0.25) is 5.02 Å². The molecule has 1 aromatic rings. The summed E-state index contributed by atoms with van der Waals surface area (Å²) in [5, 5.41) is 19.6. The van der Waals surface area contributed by atoms with Gasteiger partial charge in [0.2, 0.25) is 0 Å².